The lowest BCUT2D eigenvalue weighted by atomic mass is 10.1. The fourth-order valence-electron chi connectivity index (χ4n) is 1.48. The van der Waals surface area contributed by atoms with E-state index in [1.54, 1.807) is 18.2 Å². The van der Waals surface area contributed by atoms with Gasteiger partial charge in [-0.25, -0.2) is 0 Å². The summed E-state index contributed by atoms with van der Waals surface area (Å²) >= 11 is 3.32. The van der Waals surface area contributed by atoms with Gasteiger partial charge in [0.25, 0.3) is 5.91 Å². The second kappa shape index (κ2) is 6.54. The van der Waals surface area contributed by atoms with Crippen LogP contribution in [0.1, 0.15) is 24.2 Å². The van der Waals surface area contributed by atoms with E-state index in [0.717, 1.165) is 4.47 Å². The van der Waals surface area contributed by atoms with E-state index in [9.17, 15) is 9.59 Å². The van der Waals surface area contributed by atoms with E-state index < -0.39 is 5.97 Å². The minimum Gasteiger partial charge on any atom is -0.468 e. The van der Waals surface area contributed by atoms with Crippen LogP contribution in [0.5, 0.6) is 0 Å². The van der Waals surface area contributed by atoms with Crippen LogP contribution in [0.2, 0.25) is 0 Å². The molecule has 0 heterocycles. The van der Waals surface area contributed by atoms with Gasteiger partial charge >= 0.3 is 5.97 Å². The lowest BCUT2D eigenvalue weighted by Gasteiger charge is -2.25. The van der Waals surface area contributed by atoms with Crippen molar-refractivity contribution in [1.82, 2.24) is 4.90 Å². The Bertz CT molecular complexity index is 446. The number of carbonyl (C=O) groups is 2. The molecule has 5 heteroatoms. The smallest absolute Gasteiger partial charge is 0.325 e. The van der Waals surface area contributed by atoms with Gasteiger partial charge < -0.3 is 9.64 Å². The van der Waals surface area contributed by atoms with Gasteiger partial charge in [-0.3, -0.25) is 9.59 Å². The molecule has 18 heavy (non-hydrogen) atoms. The van der Waals surface area contributed by atoms with Crippen molar-refractivity contribution in [3.63, 3.8) is 0 Å². The molecule has 0 aliphatic heterocycles. The Morgan fingerprint density at radius 1 is 1.39 bits per heavy atom. The highest BCUT2D eigenvalue weighted by Crippen LogP contribution is 2.14. The molecular formula is C13H16BrNO3. The van der Waals surface area contributed by atoms with Gasteiger partial charge in [0.05, 0.1) is 7.11 Å². The van der Waals surface area contributed by atoms with Gasteiger partial charge in [-0.15, -0.1) is 0 Å². The van der Waals surface area contributed by atoms with Crippen LogP contribution in [0.25, 0.3) is 0 Å². The molecule has 4 nitrogen and oxygen atoms in total. The van der Waals surface area contributed by atoms with Crippen molar-refractivity contribution in [3.8, 4) is 0 Å². The summed E-state index contributed by atoms with van der Waals surface area (Å²) in [6.07, 6.45) is 0. The average molecular weight is 314 g/mol. The highest BCUT2D eigenvalue weighted by Gasteiger charge is 2.21. The predicted octanol–water partition coefficient (Wildman–Crippen LogP) is 2.47. The number of benzene rings is 1. The number of methoxy groups -OCH3 is 1. The number of rotatable bonds is 4. The van der Waals surface area contributed by atoms with Gasteiger partial charge in [-0.05, 0) is 32.0 Å². The lowest BCUT2D eigenvalue weighted by molar-refractivity contribution is -0.141. The molecular weight excluding hydrogens is 298 g/mol. The maximum absolute atomic E-state index is 12.3. The molecule has 1 rings (SSSR count). The third-order valence-corrected chi connectivity index (χ3v) is 2.98. The van der Waals surface area contributed by atoms with Crippen LogP contribution >= 0.6 is 15.9 Å². The molecule has 1 aromatic rings. The number of hydrogen-bond acceptors (Lipinski definition) is 3. The fraction of sp³-hybridized carbons (Fsp3) is 0.385. The van der Waals surface area contributed by atoms with Crippen LogP contribution in [0.15, 0.2) is 28.7 Å². The summed E-state index contributed by atoms with van der Waals surface area (Å²) in [4.78, 5) is 25.1. The number of ether oxygens (including phenoxy) is 1. The molecule has 1 amide bonds. The van der Waals surface area contributed by atoms with E-state index in [1.165, 1.54) is 12.0 Å². The van der Waals surface area contributed by atoms with E-state index in [4.69, 9.17) is 0 Å². The van der Waals surface area contributed by atoms with E-state index >= 15 is 0 Å². The Balaban J connectivity index is 2.93. The van der Waals surface area contributed by atoms with Crippen molar-refractivity contribution in [2.75, 3.05) is 13.7 Å². The highest BCUT2D eigenvalue weighted by molar-refractivity contribution is 9.10. The number of halogens is 1. The van der Waals surface area contributed by atoms with E-state index in [1.807, 2.05) is 19.9 Å². The van der Waals surface area contributed by atoms with Crippen LogP contribution < -0.4 is 0 Å². The minimum absolute atomic E-state index is 0.0421. The molecule has 0 atom stereocenters. The summed E-state index contributed by atoms with van der Waals surface area (Å²) < 4.78 is 5.43. The van der Waals surface area contributed by atoms with Gasteiger partial charge in [0.15, 0.2) is 0 Å². The topological polar surface area (TPSA) is 46.6 Å². The summed E-state index contributed by atoms with van der Waals surface area (Å²) in [7, 11) is 1.31. The van der Waals surface area contributed by atoms with Crippen LogP contribution in [-0.4, -0.2) is 36.5 Å². The summed E-state index contributed by atoms with van der Waals surface area (Å²) in [6.45, 7) is 3.68. The molecule has 0 aromatic heterocycles. The summed E-state index contributed by atoms with van der Waals surface area (Å²) in [6, 6.07) is 7.01. The first-order valence-corrected chi connectivity index (χ1v) is 6.38. The largest absolute Gasteiger partial charge is 0.468 e. The number of hydrogen-bond donors (Lipinski definition) is 0. The molecule has 0 aliphatic carbocycles. The van der Waals surface area contributed by atoms with Gasteiger partial charge in [0.1, 0.15) is 6.54 Å². The Hall–Kier alpha value is -1.36. The molecule has 0 spiro atoms. The summed E-state index contributed by atoms with van der Waals surface area (Å²) in [5, 5.41) is 0. The van der Waals surface area contributed by atoms with Gasteiger partial charge in [0, 0.05) is 16.1 Å². The van der Waals surface area contributed by atoms with E-state index in [2.05, 4.69) is 20.7 Å². The van der Waals surface area contributed by atoms with Crippen molar-refractivity contribution in [3.05, 3.63) is 34.3 Å². The maximum atomic E-state index is 12.3. The van der Waals surface area contributed by atoms with Crippen molar-refractivity contribution in [2.45, 2.75) is 19.9 Å². The van der Waals surface area contributed by atoms with Crippen molar-refractivity contribution < 1.29 is 14.3 Å². The van der Waals surface area contributed by atoms with Crippen LogP contribution in [-0.2, 0) is 9.53 Å². The second-order valence-electron chi connectivity index (χ2n) is 4.11. The Labute approximate surface area is 115 Å². The first kappa shape index (κ1) is 14.7. The highest BCUT2D eigenvalue weighted by atomic mass is 79.9. The third kappa shape index (κ3) is 3.84. The molecule has 0 aliphatic rings. The van der Waals surface area contributed by atoms with Crippen molar-refractivity contribution >= 4 is 27.8 Å². The van der Waals surface area contributed by atoms with Crippen LogP contribution in [0.3, 0.4) is 0 Å². The predicted molar refractivity (Wildman–Crippen MR) is 72.3 cm³/mol. The SMILES string of the molecule is COC(=O)CN(C(=O)c1cccc(Br)c1)C(C)C. The maximum Gasteiger partial charge on any atom is 0.325 e. The zero-order chi connectivity index (χ0) is 13.7. The van der Waals surface area contributed by atoms with Gasteiger partial charge in [-0.2, -0.15) is 0 Å². The summed E-state index contributed by atoms with van der Waals surface area (Å²) in [5.74, 6) is -0.608. The molecule has 0 saturated carbocycles. The Morgan fingerprint density at radius 2 is 2.06 bits per heavy atom. The Kier molecular flexibility index (Phi) is 5.34. The quantitative estimate of drug-likeness (QED) is 0.802. The molecule has 1 aromatic carbocycles. The van der Waals surface area contributed by atoms with Gasteiger partial charge in [-0.1, -0.05) is 22.0 Å². The normalized spacial score (nSPS) is 10.3. The number of nitrogens with zero attached hydrogens (tertiary/aromatic N) is 1. The first-order chi connectivity index (χ1) is 8.45. The zero-order valence-corrected chi connectivity index (χ0v) is 12.2. The monoisotopic (exact) mass is 313 g/mol. The minimum atomic E-state index is -0.424. The summed E-state index contributed by atoms with van der Waals surface area (Å²) in [5.41, 5.74) is 0.543. The molecule has 0 radical (unpaired) electrons. The molecule has 98 valence electrons. The molecule has 0 unspecified atom stereocenters. The standard InChI is InChI=1S/C13H16BrNO3/c1-9(2)15(8-12(16)18-3)13(17)10-5-4-6-11(14)7-10/h4-7,9H,8H2,1-3H3. The molecule has 0 fully saturated rings. The van der Waals surface area contributed by atoms with Crippen molar-refractivity contribution in [2.24, 2.45) is 0 Å². The second-order valence-corrected chi connectivity index (χ2v) is 5.03. The molecule has 0 N–H and O–H groups in total. The lowest BCUT2D eigenvalue weighted by Crippen LogP contribution is -2.41. The number of amides is 1. The first-order valence-electron chi connectivity index (χ1n) is 5.59. The van der Waals surface area contributed by atoms with Crippen molar-refractivity contribution in [1.29, 1.82) is 0 Å². The number of carbonyl (C=O) groups excluding carboxylic acids is 2. The van der Waals surface area contributed by atoms with E-state index in [-0.39, 0.29) is 18.5 Å². The average Bonchev–Trinajstić information content (AvgIpc) is 2.34. The fourth-order valence-corrected chi connectivity index (χ4v) is 1.88. The van der Waals surface area contributed by atoms with Crippen LogP contribution in [0, 0.1) is 0 Å². The van der Waals surface area contributed by atoms with Crippen LogP contribution in [0.4, 0.5) is 0 Å². The molecule has 0 saturated heterocycles. The number of esters is 1. The third-order valence-electron chi connectivity index (χ3n) is 2.48. The zero-order valence-electron chi connectivity index (χ0n) is 10.6. The molecule has 0 bridgehead atoms. The van der Waals surface area contributed by atoms with E-state index in [0.29, 0.717) is 5.56 Å². The Morgan fingerprint density at radius 3 is 2.56 bits per heavy atom. The van der Waals surface area contributed by atoms with Gasteiger partial charge in [0.2, 0.25) is 0 Å².